The van der Waals surface area contributed by atoms with Crippen molar-refractivity contribution in [3.63, 3.8) is 0 Å². The van der Waals surface area contributed by atoms with E-state index in [0.29, 0.717) is 0 Å². The van der Waals surface area contributed by atoms with Crippen LogP contribution in [0, 0.1) is 0 Å². The van der Waals surface area contributed by atoms with Gasteiger partial charge in [0.25, 0.3) is 0 Å². The largest absolute Gasteiger partial charge is 0.341 e. The van der Waals surface area contributed by atoms with Crippen LogP contribution in [0.5, 0.6) is 0 Å². The summed E-state index contributed by atoms with van der Waals surface area (Å²) in [5.74, 6) is 1.91. The molecule has 16 heavy (non-hydrogen) atoms. The molecule has 0 saturated carbocycles. The van der Waals surface area contributed by atoms with Gasteiger partial charge in [0.05, 0.1) is 5.69 Å². The predicted molar refractivity (Wildman–Crippen MR) is 61.7 cm³/mol. The van der Waals surface area contributed by atoms with E-state index in [-0.39, 0.29) is 0 Å². The van der Waals surface area contributed by atoms with Crippen LogP contribution in [0.25, 0.3) is 17.0 Å². The molecule has 0 radical (unpaired) electrons. The fraction of sp³-hybridized carbons (Fsp3) is 0. The summed E-state index contributed by atoms with van der Waals surface area (Å²) >= 11 is 0. The Morgan fingerprint density at radius 3 is 2.88 bits per heavy atom. The molecule has 0 aliphatic carbocycles. The van der Waals surface area contributed by atoms with E-state index in [1.165, 1.54) is 0 Å². The minimum atomic E-state index is 0.870. The number of benzene rings is 1. The molecule has 0 fully saturated rings. The third-order valence-electron chi connectivity index (χ3n) is 2.86. The molecule has 3 aromatic rings. The molecule has 0 saturated heterocycles. The van der Waals surface area contributed by atoms with Crippen molar-refractivity contribution in [2.45, 2.75) is 0 Å². The number of rotatable bonds is 0. The fourth-order valence-corrected chi connectivity index (χ4v) is 2.14. The lowest BCUT2D eigenvalue weighted by Crippen LogP contribution is -2.06. The second-order valence-electron chi connectivity index (χ2n) is 3.80. The summed E-state index contributed by atoms with van der Waals surface area (Å²) in [6, 6.07) is 14.1. The summed E-state index contributed by atoms with van der Waals surface area (Å²) in [6.07, 6.45) is 0. The van der Waals surface area contributed by atoms with E-state index in [2.05, 4.69) is 21.6 Å². The van der Waals surface area contributed by atoms with Crippen molar-refractivity contribution in [2.24, 2.45) is 0 Å². The fourth-order valence-electron chi connectivity index (χ4n) is 2.14. The van der Waals surface area contributed by atoms with Crippen LogP contribution in [-0.4, -0.2) is 14.6 Å². The zero-order valence-electron chi connectivity index (χ0n) is 8.38. The third kappa shape index (κ3) is 0.839. The van der Waals surface area contributed by atoms with Crippen LogP contribution < -0.4 is 5.32 Å². The Kier molecular flexibility index (Phi) is 1.28. The monoisotopic (exact) mass is 208 g/mol. The number of pyridine rings is 1. The van der Waals surface area contributed by atoms with Crippen LogP contribution in [0.4, 0.5) is 11.5 Å². The number of hydrogen-bond acceptors (Lipinski definition) is 3. The molecule has 4 heteroatoms. The van der Waals surface area contributed by atoms with Gasteiger partial charge in [-0.25, -0.2) is 0 Å². The van der Waals surface area contributed by atoms with Gasteiger partial charge in [-0.05, 0) is 24.3 Å². The van der Waals surface area contributed by atoms with Gasteiger partial charge in [-0.1, -0.05) is 18.2 Å². The van der Waals surface area contributed by atoms with E-state index in [1.54, 1.807) is 0 Å². The molecule has 0 unspecified atom stereocenters. The number of para-hydroxylation sites is 1. The maximum Gasteiger partial charge on any atom is 0.172 e. The molecule has 4 rings (SSSR count). The second-order valence-corrected chi connectivity index (χ2v) is 3.80. The first kappa shape index (κ1) is 7.87. The second kappa shape index (κ2) is 2.61. The first-order chi connectivity index (χ1) is 7.93. The van der Waals surface area contributed by atoms with Crippen LogP contribution in [-0.2, 0) is 0 Å². The van der Waals surface area contributed by atoms with Gasteiger partial charge in [0.1, 0.15) is 5.82 Å². The maximum atomic E-state index is 4.24. The SMILES string of the molecule is c1ccc2c(c1)Nc1cccc3nnc-2n13. The van der Waals surface area contributed by atoms with Crippen molar-refractivity contribution < 1.29 is 0 Å². The Morgan fingerprint density at radius 1 is 0.938 bits per heavy atom. The molecule has 1 aliphatic rings. The van der Waals surface area contributed by atoms with Crippen molar-refractivity contribution in [2.75, 3.05) is 5.32 Å². The Bertz CT molecular complexity index is 699. The van der Waals surface area contributed by atoms with Gasteiger partial charge >= 0.3 is 0 Å². The smallest absolute Gasteiger partial charge is 0.172 e. The lowest BCUT2D eigenvalue weighted by Gasteiger charge is -2.18. The molecule has 0 atom stereocenters. The Hall–Kier alpha value is -2.36. The number of nitrogens with one attached hydrogen (secondary N) is 1. The van der Waals surface area contributed by atoms with Crippen LogP contribution in [0.15, 0.2) is 42.5 Å². The summed E-state index contributed by atoms with van der Waals surface area (Å²) in [4.78, 5) is 0. The van der Waals surface area contributed by atoms with Crippen LogP contribution in [0.3, 0.4) is 0 Å². The maximum absolute atomic E-state index is 4.24. The standard InChI is InChI=1S/C12H8N4/c1-2-5-9-8(4-1)12-15-14-11-7-3-6-10(13-9)16(11)12/h1-7,13H. The number of hydrogen-bond donors (Lipinski definition) is 1. The van der Waals surface area contributed by atoms with Gasteiger partial charge in [0.2, 0.25) is 0 Å². The molecule has 0 amide bonds. The average molecular weight is 208 g/mol. The highest BCUT2D eigenvalue weighted by atomic mass is 15.3. The molecule has 0 spiro atoms. The Morgan fingerprint density at radius 2 is 1.88 bits per heavy atom. The quantitative estimate of drug-likeness (QED) is 0.482. The van der Waals surface area contributed by atoms with Gasteiger partial charge in [0, 0.05) is 5.56 Å². The van der Waals surface area contributed by atoms with Gasteiger partial charge in [0.15, 0.2) is 11.5 Å². The molecule has 76 valence electrons. The van der Waals surface area contributed by atoms with Crippen LogP contribution in [0.2, 0.25) is 0 Å². The van der Waals surface area contributed by atoms with Gasteiger partial charge in [-0.3, -0.25) is 4.40 Å². The van der Waals surface area contributed by atoms with E-state index in [0.717, 1.165) is 28.5 Å². The highest BCUT2D eigenvalue weighted by Crippen LogP contribution is 2.34. The van der Waals surface area contributed by atoms with E-state index in [4.69, 9.17) is 0 Å². The number of fused-ring (bicyclic) bond motifs is 2. The van der Waals surface area contributed by atoms with Crippen molar-refractivity contribution in [1.29, 1.82) is 0 Å². The Labute approximate surface area is 91.6 Å². The van der Waals surface area contributed by atoms with Crippen molar-refractivity contribution >= 4 is 17.2 Å². The van der Waals surface area contributed by atoms with E-state index >= 15 is 0 Å². The van der Waals surface area contributed by atoms with Gasteiger partial charge in [-0.2, -0.15) is 0 Å². The predicted octanol–water partition coefficient (Wildman–Crippen LogP) is 2.45. The molecule has 0 bridgehead atoms. The van der Waals surface area contributed by atoms with Gasteiger partial charge in [-0.15, -0.1) is 10.2 Å². The van der Waals surface area contributed by atoms with Gasteiger partial charge < -0.3 is 5.32 Å². The lowest BCUT2D eigenvalue weighted by atomic mass is 10.1. The molecule has 1 N–H and O–H groups in total. The molecule has 4 nitrogen and oxygen atoms in total. The summed E-state index contributed by atoms with van der Waals surface area (Å²) in [5.41, 5.74) is 3.04. The van der Waals surface area contributed by atoms with Crippen LogP contribution >= 0.6 is 0 Å². The van der Waals surface area contributed by atoms with E-state index < -0.39 is 0 Å². The molecular weight excluding hydrogens is 200 g/mol. The topological polar surface area (TPSA) is 42.2 Å². The highest BCUT2D eigenvalue weighted by Gasteiger charge is 2.19. The minimum Gasteiger partial charge on any atom is -0.341 e. The van der Waals surface area contributed by atoms with Crippen LogP contribution in [0.1, 0.15) is 0 Å². The summed E-state index contributed by atoms with van der Waals surface area (Å²) in [7, 11) is 0. The summed E-state index contributed by atoms with van der Waals surface area (Å²) < 4.78 is 2.03. The first-order valence-corrected chi connectivity index (χ1v) is 5.14. The number of aromatic nitrogens is 3. The van der Waals surface area contributed by atoms with Crippen molar-refractivity contribution in [3.05, 3.63) is 42.5 Å². The third-order valence-corrected chi connectivity index (χ3v) is 2.86. The first-order valence-electron chi connectivity index (χ1n) is 5.14. The zero-order chi connectivity index (χ0) is 10.5. The highest BCUT2D eigenvalue weighted by molar-refractivity contribution is 5.82. The molecule has 1 aliphatic heterocycles. The summed E-state index contributed by atoms with van der Waals surface area (Å²) in [6.45, 7) is 0. The molecule has 3 heterocycles. The molecule has 1 aromatic carbocycles. The summed E-state index contributed by atoms with van der Waals surface area (Å²) in [5, 5.41) is 11.8. The molecular formula is C12H8N4. The average Bonchev–Trinajstić information content (AvgIpc) is 2.76. The Balaban J connectivity index is 2.21. The normalized spacial score (nSPS) is 12.2. The zero-order valence-corrected chi connectivity index (χ0v) is 8.38. The number of nitrogens with zero attached hydrogens (tertiary/aromatic N) is 3. The van der Waals surface area contributed by atoms with Crippen molar-refractivity contribution in [1.82, 2.24) is 14.6 Å². The molecule has 2 aromatic heterocycles. The lowest BCUT2D eigenvalue weighted by molar-refractivity contribution is 1.10. The minimum absolute atomic E-state index is 0.870. The number of anilines is 2. The van der Waals surface area contributed by atoms with Crippen molar-refractivity contribution in [3.8, 4) is 11.4 Å². The van der Waals surface area contributed by atoms with E-state index in [9.17, 15) is 0 Å². The van der Waals surface area contributed by atoms with E-state index in [1.807, 2.05) is 40.8 Å².